The van der Waals surface area contributed by atoms with Crippen LogP contribution in [0.1, 0.15) is 33.5 Å². The lowest BCUT2D eigenvalue weighted by Gasteiger charge is -2.22. The van der Waals surface area contributed by atoms with Crippen LogP contribution in [0.5, 0.6) is 0 Å². The number of ether oxygens (including phenoxy) is 1. The molecule has 1 saturated heterocycles. The fourth-order valence-corrected chi connectivity index (χ4v) is 3.42. The zero-order chi connectivity index (χ0) is 19.1. The molecule has 5 nitrogen and oxygen atoms in total. The van der Waals surface area contributed by atoms with Crippen LogP contribution in [-0.2, 0) is 17.9 Å². The second-order valence-corrected chi connectivity index (χ2v) is 6.86. The summed E-state index contributed by atoms with van der Waals surface area (Å²) in [6.07, 6.45) is 0.958. The highest BCUT2D eigenvalue weighted by atomic mass is 16.5. The van der Waals surface area contributed by atoms with Gasteiger partial charge in [0.05, 0.1) is 18.2 Å². The Balaban J connectivity index is 1.59. The van der Waals surface area contributed by atoms with Gasteiger partial charge in [0.1, 0.15) is 0 Å². The number of nitrogens with zero attached hydrogens (tertiary/aromatic N) is 3. The monoisotopic (exact) mass is 363 g/mol. The van der Waals surface area contributed by atoms with Crippen molar-refractivity contribution in [2.45, 2.75) is 19.6 Å². The lowest BCUT2D eigenvalue weighted by molar-refractivity contribution is 0.0760. The van der Waals surface area contributed by atoms with Gasteiger partial charge in [-0.2, -0.15) is 5.26 Å². The predicted octanol–water partition coefficient (Wildman–Crippen LogP) is 3.05. The molecule has 5 heteroatoms. The first kappa shape index (κ1) is 19.1. The van der Waals surface area contributed by atoms with E-state index in [9.17, 15) is 4.79 Å². The lowest BCUT2D eigenvalue weighted by Crippen LogP contribution is -2.35. The summed E-state index contributed by atoms with van der Waals surface area (Å²) in [5.74, 6) is 0.0909. The molecule has 2 aromatic carbocycles. The summed E-state index contributed by atoms with van der Waals surface area (Å²) in [5.41, 5.74) is 3.62. The number of methoxy groups -OCH3 is 1. The first-order chi connectivity index (χ1) is 13.2. The Labute approximate surface area is 160 Å². The highest BCUT2D eigenvalue weighted by Gasteiger charge is 2.20. The third kappa shape index (κ3) is 5.16. The standard InChI is InChI=1S/C22H25N3O2/c1-27-17-20-4-2-5-21(14-20)22(26)25-11-3-10-24(12-13-25)16-19-8-6-18(15-23)7-9-19/h2,4-9,14H,3,10-13,16-17H2,1H3. The minimum absolute atomic E-state index is 0.0909. The maximum absolute atomic E-state index is 12.9. The first-order valence-electron chi connectivity index (χ1n) is 9.28. The van der Waals surface area contributed by atoms with Gasteiger partial charge in [0, 0.05) is 45.4 Å². The van der Waals surface area contributed by atoms with Crippen LogP contribution in [0.2, 0.25) is 0 Å². The molecule has 140 valence electrons. The van der Waals surface area contributed by atoms with Crippen molar-refractivity contribution >= 4 is 5.91 Å². The molecule has 0 bridgehead atoms. The molecule has 1 aliphatic rings. The molecule has 0 atom stereocenters. The van der Waals surface area contributed by atoms with E-state index in [1.807, 2.05) is 53.4 Å². The maximum atomic E-state index is 12.9. The summed E-state index contributed by atoms with van der Waals surface area (Å²) in [7, 11) is 1.66. The van der Waals surface area contributed by atoms with Crippen molar-refractivity contribution in [3.05, 3.63) is 70.8 Å². The van der Waals surface area contributed by atoms with Crippen molar-refractivity contribution in [2.75, 3.05) is 33.3 Å². The van der Waals surface area contributed by atoms with Gasteiger partial charge >= 0.3 is 0 Å². The largest absolute Gasteiger partial charge is 0.380 e. The quantitative estimate of drug-likeness (QED) is 0.819. The van der Waals surface area contributed by atoms with Crippen LogP contribution in [0, 0.1) is 11.3 Å². The highest BCUT2D eigenvalue weighted by Crippen LogP contribution is 2.14. The number of benzene rings is 2. The van der Waals surface area contributed by atoms with E-state index in [1.165, 1.54) is 5.56 Å². The van der Waals surface area contributed by atoms with E-state index in [-0.39, 0.29) is 5.91 Å². The van der Waals surface area contributed by atoms with E-state index in [4.69, 9.17) is 10.00 Å². The third-order valence-corrected chi connectivity index (χ3v) is 4.85. The summed E-state index contributed by atoms with van der Waals surface area (Å²) in [6, 6.07) is 17.6. The van der Waals surface area contributed by atoms with Crippen molar-refractivity contribution in [3.63, 3.8) is 0 Å². The number of hydrogen-bond acceptors (Lipinski definition) is 4. The molecular weight excluding hydrogens is 338 g/mol. The Hall–Kier alpha value is -2.68. The Kier molecular flexibility index (Phi) is 6.59. The van der Waals surface area contributed by atoms with Gasteiger partial charge in [0.25, 0.3) is 5.91 Å². The van der Waals surface area contributed by atoms with Gasteiger partial charge in [-0.25, -0.2) is 0 Å². The number of carbonyl (C=O) groups excluding carboxylic acids is 1. The predicted molar refractivity (Wildman–Crippen MR) is 104 cm³/mol. The average molecular weight is 363 g/mol. The smallest absolute Gasteiger partial charge is 0.253 e. The van der Waals surface area contributed by atoms with Crippen LogP contribution < -0.4 is 0 Å². The summed E-state index contributed by atoms with van der Waals surface area (Å²) in [4.78, 5) is 17.2. The molecular formula is C22H25N3O2. The number of rotatable bonds is 5. The van der Waals surface area contributed by atoms with Gasteiger partial charge in [-0.3, -0.25) is 9.69 Å². The summed E-state index contributed by atoms with van der Waals surface area (Å²) in [5, 5.41) is 8.90. The number of carbonyl (C=O) groups is 1. The second kappa shape index (κ2) is 9.31. The summed E-state index contributed by atoms with van der Waals surface area (Å²) < 4.78 is 5.16. The average Bonchev–Trinajstić information content (AvgIpc) is 2.94. The Bertz CT molecular complexity index is 811. The minimum Gasteiger partial charge on any atom is -0.380 e. The van der Waals surface area contributed by atoms with Crippen LogP contribution in [0.15, 0.2) is 48.5 Å². The minimum atomic E-state index is 0.0909. The number of hydrogen-bond donors (Lipinski definition) is 0. The van der Waals surface area contributed by atoms with Crippen molar-refractivity contribution in [1.29, 1.82) is 5.26 Å². The fourth-order valence-electron chi connectivity index (χ4n) is 3.42. The topological polar surface area (TPSA) is 56.6 Å². The van der Waals surface area contributed by atoms with E-state index in [0.717, 1.165) is 50.3 Å². The molecule has 3 rings (SSSR count). The molecule has 2 aromatic rings. The Morgan fingerprint density at radius 3 is 2.63 bits per heavy atom. The molecule has 1 heterocycles. The first-order valence-corrected chi connectivity index (χ1v) is 9.28. The van der Waals surface area contributed by atoms with Crippen LogP contribution in [-0.4, -0.2) is 49.0 Å². The van der Waals surface area contributed by atoms with Crippen molar-refractivity contribution in [3.8, 4) is 6.07 Å². The Morgan fingerprint density at radius 2 is 1.89 bits per heavy atom. The molecule has 0 aliphatic carbocycles. The molecule has 1 fully saturated rings. The molecule has 1 amide bonds. The van der Waals surface area contributed by atoms with Crippen molar-refractivity contribution in [2.24, 2.45) is 0 Å². The normalized spacial score (nSPS) is 15.2. The molecule has 1 aliphatic heterocycles. The van der Waals surface area contributed by atoms with Crippen LogP contribution in [0.3, 0.4) is 0 Å². The van der Waals surface area contributed by atoms with Crippen LogP contribution in [0.25, 0.3) is 0 Å². The van der Waals surface area contributed by atoms with E-state index in [0.29, 0.717) is 12.2 Å². The fraction of sp³-hybridized carbons (Fsp3) is 0.364. The van der Waals surface area contributed by atoms with E-state index < -0.39 is 0 Å². The van der Waals surface area contributed by atoms with E-state index in [1.54, 1.807) is 7.11 Å². The molecule has 0 unspecified atom stereocenters. The van der Waals surface area contributed by atoms with Crippen LogP contribution >= 0.6 is 0 Å². The summed E-state index contributed by atoms with van der Waals surface area (Å²) in [6.45, 7) is 4.67. The van der Waals surface area contributed by atoms with Gasteiger partial charge in [0.2, 0.25) is 0 Å². The molecule has 0 N–H and O–H groups in total. The molecule has 0 aromatic heterocycles. The maximum Gasteiger partial charge on any atom is 0.253 e. The number of amides is 1. The Morgan fingerprint density at radius 1 is 1.07 bits per heavy atom. The van der Waals surface area contributed by atoms with Crippen molar-refractivity contribution in [1.82, 2.24) is 9.80 Å². The van der Waals surface area contributed by atoms with Gasteiger partial charge in [-0.05, 0) is 41.8 Å². The third-order valence-electron chi connectivity index (χ3n) is 4.85. The second-order valence-electron chi connectivity index (χ2n) is 6.86. The van der Waals surface area contributed by atoms with E-state index in [2.05, 4.69) is 11.0 Å². The lowest BCUT2D eigenvalue weighted by atomic mass is 10.1. The SMILES string of the molecule is COCc1cccc(C(=O)N2CCCN(Cc3ccc(C#N)cc3)CC2)c1. The molecule has 0 spiro atoms. The van der Waals surface area contributed by atoms with Gasteiger partial charge in [0.15, 0.2) is 0 Å². The highest BCUT2D eigenvalue weighted by molar-refractivity contribution is 5.94. The molecule has 27 heavy (non-hydrogen) atoms. The van der Waals surface area contributed by atoms with Crippen molar-refractivity contribution < 1.29 is 9.53 Å². The zero-order valence-corrected chi connectivity index (χ0v) is 15.7. The zero-order valence-electron chi connectivity index (χ0n) is 15.7. The summed E-state index contributed by atoms with van der Waals surface area (Å²) >= 11 is 0. The van der Waals surface area contributed by atoms with Gasteiger partial charge in [-0.1, -0.05) is 24.3 Å². The number of nitriles is 1. The van der Waals surface area contributed by atoms with E-state index >= 15 is 0 Å². The molecule has 0 radical (unpaired) electrons. The van der Waals surface area contributed by atoms with Crippen LogP contribution in [0.4, 0.5) is 0 Å². The van der Waals surface area contributed by atoms with Gasteiger partial charge < -0.3 is 9.64 Å². The van der Waals surface area contributed by atoms with Gasteiger partial charge in [-0.15, -0.1) is 0 Å². The molecule has 0 saturated carbocycles.